The maximum absolute atomic E-state index is 12.5. The van der Waals surface area contributed by atoms with Gasteiger partial charge in [-0.25, -0.2) is 4.79 Å². The minimum atomic E-state index is -0.498. The predicted octanol–water partition coefficient (Wildman–Crippen LogP) is 6.63. The molecule has 0 N–H and O–H groups in total. The zero-order valence-corrected chi connectivity index (χ0v) is 19.3. The topological polar surface area (TPSA) is 38.8 Å². The summed E-state index contributed by atoms with van der Waals surface area (Å²) in [7, 11) is 0. The second-order valence-electron chi connectivity index (χ2n) is 8.99. The Morgan fingerprint density at radius 1 is 1.03 bits per heavy atom. The molecular weight excluding hydrogens is 421 g/mol. The number of benzene rings is 2. The van der Waals surface area contributed by atoms with Crippen molar-refractivity contribution in [1.29, 1.82) is 0 Å². The van der Waals surface area contributed by atoms with E-state index < -0.39 is 5.60 Å². The standard InChI is InChI=1S/C24H29Cl2NO3/c1-23(2,3)30-22(28)27-13-11-24(12-14-27,17-29-19-7-5-4-6-8-19)16-18-9-10-20(25)21(26)15-18/h4-10,15H,11-14,16-17H2,1-3H3. The van der Waals surface area contributed by atoms with Gasteiger partial charge in [0.25, 0.3) is 0 Å². The van der Waals surface area contributed by atoms with Gasteiger partial charge in [-0.05, 0) is 69.9 Å². The van der Waals surface area contributed by atoms with Crippen LogP contribution in [0, 0.1) is 5.41 Å². The van der Waals surface area contributed by atoms with Crippen molar-refractivity contribution in [2.45, 2.75) is 45.6 Å². The van der Waals surface area contributed by atoms with Crippen LogP contribution in [0.4, 0.5) is 4.79 Å². The van der Waals surface area contributed by atoms with Crippen molar-refractivity contribution < 1.29 is 14.3 Å². The molecule has 0 saturated carbocycles. The lowest BCUT2D eigenvalue weighted by atomic mass is 9.74. The van der Waals surface area contributed by atoms with Gasteiger partial charge in [-0.3, -0.25) is 0 Å². The summed E-state index contributed by atoms with van der Waals surface area (Å²) in [6.07, 6.45) is 2.19. The predicted molar refractivity (Wildman–Crippen MR) is 122 cm³/mol. The van der Waals surface area contributed by atoms with E-state index in [1.165, 1.54) is 0 Å². The van der Waals surface area contributed by atoms with E-state index in [1.54, 1.807) is 4.90 Å². The Bertz CT molecular complexity index is 856. The highest BCUT2D eigenvalue weighted by Gasteiger charge is 2.38. The van der Waals surface area contributed by atoms with Gasteiger partial charge in [0.2, 0.25) is 0 Å². The van der Waals surface area contributed by atoms with Crippen LogP contribution < -0.4 is 4.74 Å². The molecule has 0 aromatic heterocycles. The number of para-hydroxylation sites is 1. The maximum Gasteiger partial charge on any atom is 0.410 e. The molecule has 0 aliphatic carbocycles. The van der Waals surface area contributed by atoms with Gasteiger partial charge in [-0.15, -0.1) is 0 Å². The Morgan fingerprint density at radius 3 is 2.30 bits per heavy atom. The maximum atomic E-state index is 12.5. The molecule has 2 aromatic rings. The highest BCUT2D eigenvalue weighted by molar-refractivity contribution is 6.42. The Kier molecular flexibility index (Phi) is 7.20. The number of nitrogens with zero attached hydrogens (tertiary/aromatic N) is 1. The summed E-state index contributed by atoms with van der Waals surface area (Å²) in [6, 6.07) is 15.6. The normalized spacial score (nSPS) is 16.2. The smallest absolute Gasteiger partial charge is 0.410 e. The van der Waals surface area contributed by atoms with Crippen molar-refractivity contribution in [1.82, 2.24) is 4.90 Å². The minimum absolute atomic E-state index is 0.106. The number of carbonyl (C=O) groups excluding carboxylic acids is 1. The third-order valence-corrected chi connectivity index (χ3v) is 6.07. The Hall–Kier alpha value is -1.91. The fraction of sp³-hybridized carbons (Fsp3) is 0.458. The van der Waals surface area contributed by atoms with Gasteiger partial charge in [0.05, 0.1) is 16.7 Å². The average Bonchev–Trinajstić information content (AvgIpc) is 2.69. The van der Waals surface area contributed by atoms with Crippen LogP contribution in [0.5, 0.6) is 5.75 Å². The molecule has 6 heteroatoms. The van der Waals surface area contributed by atoms with Crippen molar-refractivity contribution >= 4 is 29.3 Å². The Labute approximate surface area is 189 Å². The molecule has 1 aliphatic heterocycles. The number of rotatable bonds is 5. The van der Waals surface area contributed by atoms with Crippen LogP contribution >= 0.6 is 23.2 Å². The first-order valence-corrected chi connectivity index (χ1v) is 11.0. The lowest BCUT2D eigenvalue weighted by Gasteiger charge is -2.42. The first kappa shape index (κ1) is 22.8. The second kappa shape index (κ2) is 9.49. The summed E-state index contributed by atoms with van der Waals surface area (Å²) in [5, 5.41) is 1.11. The van der Waals surface area contributed by atoms with Gasteiger partial charge in [-0.2, -0.15) is 0 Å². The van der Waals surface area contributed by atoms with Crippen molar-refractivity contribution in [3.05, 3.63) is 64.1 Å². The van der Waals surface area contributed by atoms with E-state index in [-0.39, 0.29) is 11.5 Å². The first-order chi connectivity index (χ1) is 14.2. The van der Waals surface area contributed by atoms with E-state index in [1.807, 2.05) is 69.3 Å². The molecule has 4 nitrogen and oxygen atoms in total. The molecule has 1 heterocycles. The fourth-order valence-electron chi connectivity index (χ4n) is 3.70. The Balaban J connectivity index is 1.73. The van der Waals surface area contributed by atoms with Crippen LogP contribution in [0.25, 0.3) is 0 Å². The molecule has 0 bridgehead atoms. The van der Waals surface area contributed by atoms with Crippen molar-refractivity contribution in [2.75, 3.05) is 19.7 Å². The van der Waals surface area contributed by atoms with Crippen molar-refractivity contribution in [3.8, 4) is 5.75 Å². The van der Waals surface area contributed by atoms with Gasteiger partial charge in [-0.1, -0.05) is 47.5 Å². The largest absolute Gasteiger partial charge is 0.493 e. The van der Waals surface area contributed by atoms with Crippen LogP contribution in [0.2, 0.25) is 10.0 Å². The zero-order valence-electron chi connectivity index (χ0n) is 17.8. The van der Waals surface area contributed by atoms with Crippen LogP contribution in [-0.4, -0.2) is 36.3 Å². The number of piperidine rings is 1. The number of amides is 1. The summed E-state index contributed by atoms with van der Waals surface area (Å²) in [5.41, 5.74) is 0.514. The molecule has 162 valence electrons. The monoisotopic (exact) mass is 449 g/mol. The molecule has 1 fully saturated rings. The van der Waals surface area contributed by atoms with E-state index in [0.29, 0.717) is 29.7 Å². The van der Waals surface area contributed by atoms with Crippen LogP contribution in [-0.2, 0) is 11.2 Å². The number of hydrogen-bond donors (Lipinski definition) is 0. The molecule has 0 spiro atoms. The molecule has 1 amide bonds. The van der Waals surface area contributed by atoms with E-state index >= 15 is 0 Å². The minimum Gasteiger partial charge on any atom is -0.493 e. The van der Waals surface area contributed by atoms with Crippen LogP contribution in [0.3, 0.4) is 0 Å². The van der Waals surface area contributed by atoms with Gasteiger partial charge in [0.1, 0.15) is 11.4 Å². The molecule has 30 heavy (non-hydrogen) atoms. The van der Waals surface area contributed by atoms with E-state index in [4.69, 9.17) is 32.7 Å². The van der Waals surface area contributed by atoms with Gasteiger partial charge < -0.3 is 14.4 Å². The lowest BCUT2D eigenvalue weighted by Crippen LogP contribution is -2.47. The summed E-state index contributed by atoms with van der Waals surface area (Å²) in [6.45, 7) is 7.49. The molecule has 1 saturated heterocycles. The number of ether oxygens (including phenoxy) is 2. The molecule has 0 atom stereocenters. The second-order valence-corrected chi connectivity index (χ2v) is 9.81. The zero-order chi connectivity index (χ0) is 21.8. The lowest BCUT2D eigenvalue weighted by molar-refractivity contribution is 0.00240. The van der Waals surface area contributed by atoms with Gasteiger partial charge in [0.15, 0.2) is 0 Å². The van der Waals surface area contributed by atoms with Crippen LogP contribution in [0.15, 0.2) is 48.5 Å². The highest BCUT2D eigenvalue weighted by atomic mass is 35.5. The molecule has 0 radical (unpaired) electrons. The first-order valence-electron chi connectivity index (χ1n) is 10.3. The third-order valence-electron chi connectivity index (χ3n) is 5.33. The van der Waals surface area contributed by atoms with Gasteiger partial charge in [0, 0.05) is 18.5 Å². The summed E-state index contributed by atoms with van der Waals surface area (Å²) >= 11 is 12.3. The summed E-state index contributed by atoms with van der Waals surface area (Å²) < 4.78 is 11.7. The highest BCUT2D eigenvalue weighted by Crippen LogP contribution is 2.37. The average molecular weight is 450 g/mol. The van der Waals surface area contributed by atoms with E-state index in [0.717, 1.165) is 30.6 Å². The SMILES string of the molecule is CC(C)(C)OC(=O)N1CCC(COc2ccccc2)(Cc2ccc(Cl)c(Cl)c2)CC1. The quantitative estimate of drug-likeness (QED) is 0.513. The Morgan fingerprint density at radius 2 is 1.70 bits per heavy atom. The van der Waals surface area contributed by atoms with Crippen molar-refractivity contribution in [3.63, 3.8) is 0 Å². The number of carbonyl (C=O) groups is 1. The van der Waals surface area contributed by atoms with Crippen molar-refractivity contribution in [2.24, 2.45) is 5.41 Å². The number of hydrogen-bond acceptors (Lipinski definition) is 3. The van der Waals surface area contributed by atoms with E-state index in [2.05, 4.69) is 0 Å². The molecule has 0 unspecified atom stereocenters. The van der Waals surface area contributed by atoms with Gasteiger partial charge >= 0.3 is 6.09 Å². The van der Waals surface area contributed by atoms with Crippen LogP contribution in [0.1, 0.15) is 39.2 Å². The summed E-state index contributed by atoms with van der Waals surface area (Å²) in [5.74, 6) is 0.848. The third kappa shape index (κ3) is 6.29. The van der Waals surface area contributed by atoms with E-state index in [9.17, 15) is 4.79 Å². The molecular formula is C24H29Cl2NO3. The molecule has 2 aromatic carbocycles. The molecule has 3 rings (SSSR count). The number of likely N-dealkylation sites (tertiary alicyclic amines) is 1. The fourth-order valence-corrected chi connectivity index (χ4v) is 4.02. The molecule has 1 aliphatic rings. The summed E-state index contributed by atoms with van der Waals surface area (Å²) in [4.78, 5) is 14.3. The number of halogens is 2.